The van der Waals surface area contributed by atoms with E-state index in [-0.39, 0.29) is 17.2 Å². The first-order chi connectivity index (χ1) is 9.88. The number of aromatic nitrogens is 4. The van der Waals surface area contributed by atoms with Gasteiger partial charge in [-0.25, -0.2) is 9.78 Å². The SMILES string of the molecule is CC(C)Cn1c(=O)n(C)c(=O)c2c1nc(CCCN)n2C. The van der Waals surface area contributed by atoms with Gasteiger partial charge in [0.1, 0.15) is 5.82 Å². The van der Waals surface area contributed by atoms with E-state index in [1.807, 2.05) is 20.9 Å². The van der Waals surface area contributed by atoms with Crippen LogP contribution in [0.1, 0.15) is 26.1 Å². The minimum atomic E-state index is -0.315. The first-order valence-electron chi connectivity index (χ1n) is 7.23. The number of fused-ring (bicyclic) bond motifs is 1. The summed E-state index contributed by atoms with van der Waals surface area (Å²) in [4.78, 5) is 29.2. The Kier molecular flexibility index (Phi) is 4.32. The molecule has 0 spiro atoms. The molecule has 7 heteroatoms. The van der Waals surface area contributed by atoms with Gasteiger partial charge in [0.05, 0.1) is 0 Å². The quantitative estimate of drug-likeness (QED) is 0.839. The fourth-order valence-electron chi connectivity index (χ4n) is 2.49. The smallest absolute Gasteiger partial charge is 0.330 e. The van der Waals surface area contributed by atoms with Crippen LogP contribution >= 0.6 is 0 Å². The van der Waals surface area contributed by atoms with Crippen molar-refractivity contribution in [2.75, 3.05) is 6.54 Å². The van der Waals surface area contributed by atoms with E-state index in [0.29, 0.717) is 30.7 Å². The maximum absolute atomic E-state index is 12.4. The molecule has 116 valence electrons. The lowest BCUT2D eigenvalue weighted by Gasteiger charge is -2.11. The summed E-state index contributed by atoms with van der Waals surface area (Å²) in [6.45, 7) is 5.17. The Morgan fingerprint density at radius 1 is 1.19 bits per heavy atom. The second kappa shape index (κ2) is 5.85. The molecule has 0 bridgehead atoms. The van der Waals surface area contributed by atoms with E-state index >= 15 is 0 Å². The molecule has 0 saturated heterocycles. The van der Waals surface area contributed by atoms with Gasteiger partial charge in [0.2, 0.25) is 0 Å². The van der Waals surface area contributed by atoms with Gasteiger partial charge in [0.15, 0.2) is 11.2 Å². The summed E-state index contributed by atoms with van der Waals surface area (Å²) >= 11 is 0. The number of nitrogens with zero attached hydrogens (tertiary/aromatic N) is 4. The Morgan fingerprint density at radius 2 is 1.86 bits per heavy atom. The molecular weight excluding hydrogens is 270 g/mol. The fraction of sp³-hybridized carbons (Fsp3) is 0.643. The normalized spacial score (nSPS) is 11.7. The highest BCUT2D eigenvalue weighted by molar-refractivity contribution is 5.71. The first kappa shape index (κ1) is 15.5. The van der Waals surface area contributed by atoms with Gasteiger partial charge in [0.25, 0.3) is 5.56 Å². The highest BCUT2D eigenvalue weighted by atomic mass is 16.2. The second-order valence-electron chi connectivity index (χ2n) is 5.80. The van der Waals surface area contributed by atoms with Gasteiger partial charge in [0, 0.05) is 27.1 Å². The van der Waals surface area contributed by atoms with E-state index in [0.717, 1.165) is 16.8 Å². The lowest BCUT2D eigenvalue weighted by atomic mass is 10.2. The third-order valence-electron chi connectivity index (χ3n) is 3.60. The molecule has 2 aromatic heterocycles. The van der Waals surface area contributed by atoms with E-state index < -0.39 is 0 Å². The summed E-state index contributed by atoms with van der Waals surface area (Å²) < 4.78 is 4.52. The third-order valence-corrected chi connectivity index (χ3v) is 3.60. The van der Waals surface area contributed by atoms with Gasteiger partial charge in [-0.05, 0) is 18.9 Å². The molecule has 0 atom stereocenters. The molecular formula is C14H23N5O2. The Hall–Kier alpha value is -1.89. The minimum absolute atomic E-state index is 0.290. The molecule has 7 nitrogen and oxygen atoms in total. The van der Waals surface area contributed by atoms with Crippen LogP contribution in [-0.2, 0) is 27.1 Å². The number of imidazole rings is 1. The Morgan fingerprint density at radius 3 is 2.43 bits per heavy atom. The van der Waals surface area contributed by atoms with E-state index in [1.165, 1.54) is 7.05 Å². The molecule has 0 aliphatic heterocycles. The number of hydrogen-bond acceptors (Lipinski definition) is 4. The minimum Gasteiger partial charge on any atom is -0.330 e. The van der Waals surface area contributed by atoms with Crippen molar-refractivity contribution in [1.29, 1.82) is 0 Å². The predicted octanol–water partition coefficient (Wildman–Crippen LogP) is -0.0190. The Balaban J connectivity index is 2.78. The van der Waals surface area contributed by atoms with Crippen molar-refractivity contribution in [2.45, 2.75) is 33.2 Å². The average Bonchev–Trinajstić information content (AvgIpc) is 2.76. The van der Waals surface area contributed by atoms with E-state index in [2.05, 4.69) is 4.98 Å². The Labute approximate surface area is 123 Å². The molecule has 0 fully saturated rings. The zero-order chi connectivity index (χ0) is 15.7. The number of rotatable bonds is 5. The third kappa shape index (κ3) is 2.65. The molecule has 0 amide bonds. The van der Waals surface area contributed by atoms with Crippen molar-refractivity contribution < 1.29 is 0 Å². The summed E-state index contributed by atoms with van der Waals surface area (Å²) in [5, 5.41) is 0. The van der Waals surface area contributed by atoms with Gasteiger partial charge in [-0.3, -0.25) is 13.9 Å². The lowest BCUT2D eigenvalue weighted by molar-refractivity contribution is 0.500. The zero-order valence-electron chi connectivity index (χ0n) is 13.1. The van der Waals surface area contributed by atoms with E-state index in [9.17, 15) is 9.59 Å². The molecule has 21 heavy (non-hydrogen) atoms. The molecule has 0 saturated carbocycles. The predicted molar refractivity (Wildman–Crippen MR) is 82.4 cm³/mol. The first-order valence-corrected chi connectivity index (χ1v) is 7.23. The fourth-order valence-corrected chi connectivity index (χ4v) is 2.49. The zero-order valence-corrected chi connectivity index (χ0v) is 13.1. The summed E-state index contributed by atoms with van der Waals surface area (Å²) in [5.41, 5.74) is 5.87. The monoisotopic (exact) mass is 293 g/mol. The highest BCUT2D eigenvalue weighted by Gasteiger charge is 2.18. The molecule has 2 N–H and O–H groups in total. The lowest BCUT2D eigenvalue weighted by Crippen LogP contribution is -2.39. The van der Waals surface area contributed by atoms with Crippen LogP contribution in [0.15, 0.2) is 9.59 Å². The van der Waals surface area contributed by atoms with Gasteiger partial charge in [-0.1, -0.05) is 13.8 Å². The van der Waals surface area contributed by atoms with Crippen LogP contribution in [0.5, 0.6) is 0 Å². The van der Waals surface area contributed by atoms with Crippen molar-refractivity contribution in [3.8, 4) is 0 Å². The number of aryl methyl sites for hydroxylation is 2. The van der Waals surface area contributed by atoms with Crippen molar-refractivity contribution in [1.82, 2.24) is 18.7 Å². The highest BCUT2D eigenvalue weighted by Crippen LogP contribution is 2.12. The van der Waals surface area contributed by atoms with Crippen molar-refractivity contribution in [2.24, 2.45) is 25.7 Å². The molecule has 2 heterocycles. The molecule has 0 radical (unpaired) electrons. The van der Waals surface area contributed by atoms with Crippen molar-refractivity contribution in [3.63, 3.8) is 0 Å². The van der Waals surface area contributed by atoms with Gasteiger partial charge >= 0.3 is 5.69 Å². The van der Waals surface area contributed by atoms with Crippen molar-refractivity contribution in [3.05, 3.63) is 26.7 Å². The van der Waals surface area contributed by atoms with Gasteiger partial charge in [-0.15, -0.1) is 0 Å². The van der Waals surface area contributed by atoms with Crippen molar-refractivity contribution >= 4 is 11.2 Å². The van der Waals surface area contributed by atoms with Crippen LogP contribution in [0.2, 0.25) is 0 Å². The number of nitrogens with two attached hydrogens (primary N) is 1. The van der Waals surface area contributed by atoms with E-state index in [1.54, 1.807) is 9.13 Å². The van der Waals surface area contributed by atoms with Crippen LogP contribution < -0.4 is 17.0 Å². The molecule has 0 aliphatic carbocycles. The maximum atomic E-state index is 12.4. The van der Waals surface area contributed by atoms with Gasteiger partial charge in [-0.2, -0.15) is 0 Å². The molecule has 2 aromatic rings. The van der Waals surface area contributed by atoms with E-state index in [4.69, 9.17) is 5.73 Å². The Bertz CT molecular complexity index is 766. The maximum Gasteiger partial charge on any atom is 0.332 e. The number of hydrogen-bond donors (Lipinski definition) is 1. The van der Waals surface area contributed by atoms with Crippen LogP contribution in [0.25, 0.3) is 11.2 Å². The standard InChI is InChI=1S/C14H23N5O2/c1-9(2)8-19-12-11(13(20)18(4)14(19)21)17(3)10(16-12)6-5-7-15/h9H,5-8,15H2,1-4H3. The van der Waals surface area contributed by atoms with Crippen LogP contribution in [0, 0.1) is 5.92 Å². The van der Waals surface area contributed by atoms with Crippen LogP contribution in [-0.4, -0.2) is 25.2 Å². The van der Waals surface area contributed by atoms with Crippen LogP contribution in [0.4, 0.5) is 0 Å². The average molecular weight is 293 g/mol. The molecule has 0 aromatic carbocycles. The molecule has 2 rings (SSSR count). The summed E-state index contributed by atoms with van der Waals surface area (Å²) in [5.74, 6) is 1.08. The summed E-state index contributed by atoms with van der Waals surface area (Å²) in [6, 6.07) is 0. The molecule has 0 unspecified atom stereocenters. The second-order valence-corrected chi connectivity index (χ2v) is 5.80. The largest absolute Gasteiger partial charge is 0.332 e. The summed E-state index contributed by atoms with van der Waals surface area (Å²) in [7, 11) is 3.32. The summed E-state index contributed by atoms with van der Waals surface area (Å²) in [6.07, 6.45) is 1.49. The van der Waals surface area contributed by atoms with Crippen LogP contribution in [0.3, 0.4) is 0 Å². The van der Waals surface area contributed by atoms with Gasteiger partial charge < -0.3 is 10.3 Å². The topological polar surface area (TPSA) is 87.8 Å². The molecule has 0 aliphatic rings.